The third-order valence-electron chi connectivity index (χ3n) is 5.45. The average molecular weight is 482 g/mol. The molecule has 0 amide bonds. The van der Waals surface area contributed by atoms with Gasteiger partial charge in [-0.25, -0.2) is 9.78 Å². The molecule has 0 spiro atoms. The molecular formula is C24H34F3N5O2. The highest BCUT2D eigenvalue weighted by atomic mass is 19.4. The number of hydrogen-bond donors (Lipinski definition) is 2. The van der Waals surface area contributed by atoms with Gasteiger partial charge in [0.1, 0.15) is 5.82 Å². The van der Waals surface area contributed by atoms with Crippen molar-refractivity contribution in [2.45, 2.75) is 52.6 Å². The smallest absolute Gasteiger partial charge is 0.475 e. The van der Waals surface area contributed by atoms with Crippen LogP contribution in [0.4, 0.5) is 30.6 Å². The number of alkyl halides is 3. The van der Waals surface area contributed by atoms with Gasteiger partial charge in [0, 0.05) is 30.5 Å². The molecule has 1 aromatic heterocycles. The summed E-state index contributed by atoms with van der Waals surface area (Å²) >= 11 is 0. The quantitative estimate of drug-likeness (QED) is 0.538. The van der Waals surface area contributed by atoms with Crippen LogP contribution in [0, 0.1) is 13.8 Å². The van der Waals surface area contributed by atoms with Gasteiger partial charge < -0.3 is 20.2 Å². The molecule has 7 nitrogen and oxygen atoms in total. The number of aliphatic carboxylic acids is 1. The molecule has 2 aromatic rings. The van der Waals surface area contributed by atoms with Gasteiger partial charge in [0.05, 0.1) is 0 Å². The zero-order valence-electron chi connectivity index (χ0n) is 20.0. The maximum absolute atomic E-state index is 10.6. The number of nitrogens with one attached hydrogen (secondary N) is 1. The van der Waals surface area contributed by atoms with Gasteiger partial charge in [-0.2, -0.15) is 18.2 Å². The van der Waals surface area contributed by atoms with E-state index in [-0.39, 0.29) is 0 Å². The van der Waals surface area contributed by atoms with Crippen LogP contribution in [0.5, 0.6) is 0 Å². The van der Waals surface area contributed by atoms with Gasteiger partial charge >= 0.3 is 12.1 Å². The van der Waals surface area contributed by atoms with Crippen molar-refractivity contribution in [2.24, 2.45) is 0 Å². The molecule has 0 unspecified atom stereocenters. The van der Waals surface area contributed by atoms with Crippen molar-refractivity contribution in [3.05, 3.63) is 41.6 Å². The van der Waals surface area contributed by atoms with Crippen molar-refractivity contribution in [2.75, 3.05) is 42.9 Å². The molecule has 1 saturated heterocycles. The van der Waals surface area contributed by atoms with Crippen LogP contribution in [0.1, 0.15) is 43.9 Å². The van der Waals surface area contributed by atoms with Crippen molar-refractivity contribution in [3.8, 4) is 0 Å². The van der Waals surface area contributed by atoms with E-state index >= 15 is 0 Å². The van der Waals surface area contributed by atoms with Crippen LogP contribution in [0.15, 0.2) is 30.3 Å². The highest BCUT2D eigenvalue weighted by Crippen LogP contribution is 2.19. The molecule has 2 heterocycles. The SMILES string of the molecule is CCN(CCCN1CCCCC1)c1cc(C)nc(Nc2ccc(C)cc2)n1.O=C(O)C(F)(F)F. The number of carboxylic acids is 1. The summed E-state index contributed by atoms with van der Waals surface area (Å²) < 4.78 is 31.7. The first-order valence-electron chi connectivity index (χ1n) is 11.5. The maximum atomic E-state index is 10.6. The number of likely N-dealkylation sites (tertiary alicyclic amines) is 1. The van der Waals surface area contributed by atoms with Crippen LogP contribution in [0.3, 0.4) is 0 Å². The minimum Gasteiger partial charge on any atom is -0.475 e. The van der Waals surface area contributed by atoms with E-state index in [1.54, 1.807) is 0 Å². The van der Waals surface area contributed by atoms with Gasteiger partial charge in [-0.15, -0.1) is 0 Å². The molecule has 1 aromatic carbocycles. The highest BCUT2D eigenvalue weighted by Gasteiger charge is 2.38. The van der Waals surface area contributed by atoms with E-state index in [0.717, 1.165) is 30.3 Å². The lowest BCUT2D eigenvalue weighted by Gasteiger charge is -2.28. The molecule has 1 aliphatic rings. The number of benzene rings is 1. The average Bonchev–Trinajstić information content (AvgIpc) is 2.78. The minimum absolute atomic E-state index is 0.670. The summed E-state index contributed by atoms with van der Waals surface area (Å²) in [5, 5.41) is 10.5. The van der Waals surface area contributed by atoms with Crippen molar-refractivity contribution in [1.82, 2.24) is 14.9 Å². The third kappa shape index (κ3) is 9.54. The van der Waals surface area contributed by atoms with Crippen LogP contribution >= 0.6 is 0 Å². The Balaban J connectivity index is 0.000000509. The molecule has 34 heavy (non-hydrogen) atoms. The zero-order valence-corrected chi connectivity index (χ0v) is 20.0. The lowest BCUT2D eigenvalue weighted by molar-refractivity contribution is -0.192. The van der Waals surface area contributed by atoms with Gasteiger partial charge in [0.2, 0.25) is 5.95 Å². The molecule has 188 valence electrons. The number of halogens is 3. The summed E-state index contributed by atoms with van der Waals surface area (Å²) in [4.78, 5) is 23.2. The molecule has 1 fully saturated rings. The van der Waals surface area contributed by atoms with E-state index in [1.807, 2.05) is 6.92 Å². The Morgan fingerprint density at radius 1 is 1.12 bits per heavy atom. The Morgan fingerprint density at radius 3 is 2.29 bits per heavy atom. The van der Waals surface area contributed by atoms with E-state index in [1.165, 1.54) is 50.9 Å². The lowest BCUT2D eigenvalue weighted by Crippen LogP contribution is -2.33. The van der Waals surface area contributed by atoms with Gasteiger partial charge in [-0.05, 0) is 71.8 Å². The standard InChI is InChI=1S/C22H33N5.C2HF3O2/c1-4-27(16-8-15-26-13-6-5-7-14-26)21-17-19(3)23-22(25-21)24-20-11-9-18(2)10-12-20;3-2(4,5)1(6)7/h9-12,17H,4-8,13-16H2,1-3H3,(H,23,24,25);(H,6,7). The molecule has 0 atom stereocenters. The Bertz CT molecular complexity index is 900. The number of piperidine rings is 1. The summed E-state index contributed by atoms with van der Waals surface area (Å²) in [6, 6.07) is 10.4. The first kappa shape index (κ1) is 27.4. The topological polar surface area (TPSA) is 81.6 Å². The van der Waals surface area contributed by atoms with Crippen LogP contribution in [0.25, 0.3) is 0 Å². The van der Waals surface area contributed by atoms with E-state index in [4.69, 9.17) is 14.9 Å². The van der Waals surface area contributed by atoms with Crippen LogP contribution in [0.2, 0.25) is 0 Å². The molecular weight excluding hydrogens is 447 g/mol. The summed E-state index contributed by atoms with van der Waals surface area (Å²) in [7, 11) is 0. The fourth-order valence-electron chi connectivity index (χ4n) is 3.64. The van der Waals surface area contributed by atoms with Gasteiger partial charge in [-0.1, -0.05) is 24.1 Å². The van der Waals surface area contributed by atoms with E-state index in [0.29, 0.717) is 5.95 Å². The number of aromatic nitrogens is 2. The van der Waals surface area contributed by atoms with Gasteiger partial charge in [0.25, 0.3) is 0 Å². The fourth-order valence-corrected chi connectivity index (χ4v) is 3.64. The van der Waals surface area contributed by atoms with E-state index in [2.05, 4.69) is 64.3 Å². The number of hydrogen-bond acceptors (Lipinski definition) is 6. The first-order valence-corrected chi connectivity index (χ1v) is 11.5. The van der Waals surface area contributed by atoms with E-state index < -0.39 is 12.1 Å². The maximum Gasteiger partial charge on any atom is 0.490 e. The second-order valence-electron chi connectivity index (χ2n) is 8.32. The molecule has 10 heteroatoms. The summed E-state index contributed by atoms with van der Waals surface area (Å²) in [6.07, 6.45) is 0.208. The molecule has 0 aliphatic carbocycles. The zero-order chi connectivity index (χ0) is 25.1. The van der Waals surface area contributed by atoms with Crippen molar-refractivity contribution in [3.63, 3.8) is 0 Å². The van der Waals surface area contributed by atoms with Crippen molar-refractivity contribution in [1.29, 1.82) is 0 Å². The second kappa shape index (κ2) is 13.1. The number of rotatable bonds is 8. The number of anilines is 3. The lowest BCUT2D eigenvalue weighted by atomic mass is 10.1. The van der Waals surface area contributed by atoms with Gasteiger partial charge in [-0.3, -0.25) is 0 Å². The highest BCUT2D eigenvalue weighted by molar-refractivity contribution is 5.73. The summed E-state index contributed by atoms with van der Waals surface area (Å²) in [5.41, 5.74) is 3.26. The summed E-state index contributed by atoms with van der Waals surface area (Å²) in [5.74, 6) is -1.07. The molecule has 0 bridgehead atoms. The number of nitrogens with zero attached hydrogens (tertiary/aromatic N) is 4. The summed E-state index contributed by atoms with van der Waals surface area (Å²) in [6.45, 7) is 12.0. The predicted molar refractivity (Wildman–Crippen MR) is 128 cm³/mol. The number of carboxylic acid groups (broad SMARTS) is 1. The normalized spacial score (nSPS) is 14.2. The molecule has 0 radical (unpaired) electrons. The Labute approximate surface area is 199 Å². The number of aryl methyl sites for hydroxylation is 2. The first-order chi connectivity index (χ1) is 16.1. The third-order valence-corrected chi connectivity index (χ3v) is 5.45. The minimum atomic E-state index is -5.08. The Hall–Kier alpha value is -2.88. The van der Waals surface area contributed by atoms with Gasteiger partial charge in [0.15, 0.2) is 0 Å². The molecule has 0 saturated carbocycles. The fraction of sp³-hybridized carbons (Fsp3) is 0.542. The monoisotopic (exact) mass is 481 g/mol. The molecule has 2 N–H and O–H groups in total. The Morgan fingerprint density at radius 2 is 1.74 bits per heavy atom. The van der Waals surface area contributed by atoms with Crippen molar-refractivity contribution >= 4 is 23.4 Å². The van der Waals surface area contributed by atoms with Crippen LogP contribution < -0.4 is 10.2 Å². The van der Waals surface area contributed by atoms with Crippen LogP contribution in [-0.2, 0) is 4.79 Å². The largest absolute Gasteiger partial charge is 0.490 e. The predicted octanol–water partition coefficient (Wildman–Crippen LogP) is 5.17. The van der Waals surface area contributed by atoms with E-state index in [9.17, 15) is 13.2 Å². The Kier molecular flexibility index (Phi) is 10.6. The second-order valence-corrected chi connectivity index (χ2v) is 8.32. The molecule has 3 rings (SSSR count). The molecule has 1 aliphatic heterocycles. The van der Waals surface area contributed by atoms with Crippen LogP contribution in [-0.4, -0.2) is 64.8 Å². The number of carbonyl (C=O) groups is 1. The van der Waals surface area contributed by atoms with Crippen molar-refractivity contribution < 1.29 is 23.1 Å².